The molecule has 20 heavy (non-hydrogen) atoms. The molecule has 2 aromatic rings. The Hall–Kier alpha value is -1.03. The molecule has 0 bridgehead atoms. The van der Waals surface area contributed by atoms with Crippen LogP contribution in [-0.2, 0) is 6.54 Å². The van der Waals surface area contributed by atoms with Crippen molar-refractivity contribution in [2.24, 2.45) is 0 Å². The summed E-state index contributed by atoms with van der Waals surface area (Å²) in [5, 5.41) is 15.3. The predicted molar refractivity (Wildman–Crippen MR) is 83.1 cm³/mol. The zero-order valence-corrected chi connectivity index (χ0v) is 12.3. The van der Waals surface area contributed by atoms with E-state index in [-0.39, 0.29) is 12.1 Å². The number of H-pyrrole nitrogens is 1. The minimum absolute atomic E-state index is 0.0890. The summed E-state index contributed by atoms with van der Waals surface area (Å²) in [5.74, 6) is 0. The molecule has 1 aromatic heterocycles. The first-order valence-corrected chi connectivity index (χ1v) is 7.72. The molecule has 0 aliphatic heterocycles. The Balaban J connectivity index is 1.76. The fourth-order valence-electron chi connectivity index (χ4n) is 3.21. The normalized spacial score (nSPS) is 18.5. The highest BCUT2D eigenvalue weighted by Gasteiger charge is 2.30. The molecule has 0 spiro atoms. The molecule has 108 valence electrons. The predicted octanol–water partition coefficient (Wildman–Crippen LogP) is 3.61. The number of aromatic amines is 1. The summed E-state index contributed by atoms with van der Waals surface area (Å²) in [6, 6.07) is 5.92. The summed E-state index contributed by atoms with van der Waals surface area (Å²) in [7, 11) is 0. The maximum absolute atomic E-state index is 9.73. The standard InChI is InChI=1S/C16H21ClN2O/c17-13-4-5-14-12(9-18-15(14)8-13)10-19-16(11-20)6-2-1-3-7-16/h4-5,8-9,18-20H,1-3,6-7,10-11H2. The number of benzene rings is 1. The summed E-state index contributed by atoms with van der Waals surface area (Å²) in [5.41, 5.74) is 2.21. The molecule has 1 aromatic carbocycles. The number of rotatable bonds is 4. The van der Waals surface area contributed by atoms with Crippen molar-refractivity contribution in [2.75, 3.05) is 6.61 Å². The third-order valence-electron chi connectivity index (χ3n) is 4.50. The highest BCUT2D eigenvalue weighted by atomic mass is 35.5. The van der Waals surface area contributed by atoms with Gasteiger partial charge in [0.2, 0.25) is 0 Å². The first kappa shape index (κ1) is 13.9. The van der Waals surface area contributed by atoms with Gasteiger partial charge in [-0.2, -0.15) is 0 Å². The molecule has 1 heterocycles. The summed E-state index contributed by atoms with van der Waals surface area (Å²) >= 11 is 6.00. The first-order chi connectivity index (χ1) is 9.72. The van der Waals surface area contributed by atoms with E-state index in [0.717, 1.165) is 29.9 Å². The topological polar surface area (TPSA) is 48.0 Å². The van der Waals surface area contributed by atoms with Gasteiger partial charge in [-0.15, -0.1) is 0 Å². The lowest BCUT2D eigenvalue weighted by atomic mass is 9.82. The van der Waals surface area contributed by atoms with Crippen molar-refractivity contribution in [2.45, 2.75) is 44.2 Å². The molecular weight excluding hydrogens is 272 g/mol. The van der Waals surface area contributed by atoms with Crippen LogP contribution in [0.2, 0.25) is 5.02 Å². The molecule has 4 heteroatoms. The van der Waals surface area contributed by atoms with E-state index in [2.05, 4.69) is 16.4 Å². The fraction of sp³-hybridized carbons (Fsp3) is 0.500. The monoisotopic (exact) mass is 292 g/mol. The highest BCUT2D eigenvalue weighted by molar-refractivity contribution is 6.31. The van der Waals surface area contributed by atoms with E-state index in [9.17, 15) is 5.11 Å². The summed E-state index contributed by atoms with van der Waals surface area (Å²) < 4.78 is 0. The van der Waals surface area contributed by atoms with Gasteiger partial charge in [0.05, 0.1) is 6.61 Å². The highest BCUT2D eigenvalue weighted by Crippen LogP contribution is 2.29. The number of hydrogen-bond acceptors (Lipinski definition) is 2. The number of halogens is 1. The zero-order chi connectivity index (χ0) is 14.0. The van der Waals surface area contributed by atoms with Crippen LogP contribution in [-0.4, -0.2) is 22.2 Å². The summed E-state index contributed by atoms with van der Waals surface area (Å²) in [6.45, 7) is 1.00. The third-order valence-corrected chi connectivity index (χ3v) is 4.73. The number of aromatic nitrogens is 1. The lowest BCUT2D eigenvalue weighted by molar-refractivity contribution is 0.119. The van der Waals surface area contributed by atoms with E-state index in [4.69, 9.17) is 11.6 Å². The molecule has 0 unspecified atom stereocenters. The van der Waals surface area contributed by atoms with Crippen molar-refractivity contribution in [1.29, 1.82) is 0 Å². The van der Waals surface area contributed by atoms with Crippen LogP contribution in [0.25, 0.3) is 10.9 Å². The molecular formula is C16H21ClN2O. The lowest BCUT2D eigenvalue weighted by Gasteiger charge is -2.36. The molecule has 0 saturated heterocycles. The molecule has 0 atom stereocenters. The maximum atomic E-state index is 9.73. The molecule has 3 nitrogen and oxygen atoms in total. The van der Waals surface area contributed by atoms with E-state index in [1.165, 1.54) is 30.2 Å². The molecule has 1 aliphatic carbocycles. The number of nitrogens with one attached hydrogen (secondary N) is 2. The van der Waals surface area contributed by atoms with Crippen molar-refractivity contribution in [3.05, 3.63) is 35.0 Å². The molecule has 0 amide bonds. The third kappa shape index (κ3) is 2.71. The van der Waals surface area contributed by atoms with Gasteiger partial charge in [-0.05, 0) is 30.5 Å². The van der Waals surface area contributed by atoms with Gasteiger partial charge in [0.15, 0.2) is 0 Å². The second-order valence-corrected chi connectivity index (χ2v) is 6.29. The minimum atomic E-state index is -0.0890. The summed E-state index contributed by atoms with van der Waals surface area (Å²) in [4.78, 5) is 3.26. The van der Waals surface area contributed by atoms with E-state index in [1.54, 1.807) is 0 Å². The van der Waals surface area contributed by atoms with Crippen molar-refractivity contribution >= 4 is 22.5 Å². The average Bonchev–Trinajstić information content (AvgIpc) is 2.88. The van der Waals surface area contributed by atoms with Gasteiger partial charge in [0.25, 0.3) is 0 Å². The zero-order valence-electron chi connectivity index (χ0n) is 11.6. The molecule has 1 aliphatic rings. The molecule has 1 saturated carbocycles. The Morgan fingerprint density at radius 1 is 1.25 bits per heavy atom. The van der Waals surface area contributed by atoms with Crippen molar-refractivity contribution in [3.63, 3.8) is 0 Å². The van der Waals surface area contributed by atoms with E-state index >= 15 is 0 Å². The van der Waals surface area contributed by atoms with Crippen LogP contribution in [0.3, 0.4) is 0 Å². The molecule has 3 N–H and O–H groups in total. The molecule has 3 rings (SSSR count). The van der Waals surface area contributed by atoms with Gasteiger partial charge in [-0.3, -0.25) is 0 Å². The van der Waals surface area contributed by atoms with Gasteiger partial charge in [0.1, 0.15) is 0 Å². The van der Waals surface area contributed by atoms with Crippen LogP contribution in [0.15, 0.2) is 24.4 Å². The van der Waals surface area contributed by atoms with Gasteiger partial charge in [-0.25, -0.2) is 0 Å². The van der Waals surface area contributed by atoms with Crippen molar-refractivity contribution in [1.82, 2.24) is 10.3 Å². The Kier molecular flexibility index (Phi) is 4.01. The number of aliphatic hydroxyl groups is 1. The second kappa shape index (κ2) is 5.76. The van der Waals surface area contributed by atoms with Gasteiger partial charge < -0.3 is 15.4 Å². The maximum Gasteiger partial charge on any atom is 0.0613 e. The van der Waals surface area contributed by atoms with Gasteiger partial charge >= 0.3 is 0 Å². The minimum Gasteiger partial charge on any atom is -0.394 e. The van der Waals surface area contributed by atoms with E-state index in [0.29, 0.717) is 0 Å². The number of fused-ring (bicyclic) bond motifs is 1. The van der Waals surface area contributed by atoms with Crippen LogP contribution >= 0.6 is 11.6 Å². The van der Waals surface area contributed by atoms with Gasteiger partial charge in [-0.1, -0.05) is 36.9 Å². The SMILES string of the molecule is OCC1(NCc2c[nH]c3cc(Cl)ccc23)CCCCC1. The Labute approximate surface area is 124 Å². The van der Waals surface area contributed by atoms with Gasteiger partial charge in [0, 0.05) is 34.2 Å². The Morgan fingerprint density at radius 2 is 2.05 bits per heavy atom. The quantitative estimate of drug-likeness (QED) is 0.806. The van der Waals surface area contributed by atoms with Crippen LogP contribution in [0.4, 0.5) is 0 Å². The van der Waals surface area contributed by atoms with E-state index in [1.807, 2.05) is 18.3 Å². The summed E-state index contributed by atoms with van der Waals surface area (Å²) in [6.07, 6.45) is 7.86. The van der Waals surface area contributed by atoms with Crippen LogP contribution in [0, 0.1) is 0 Å². The Bertz CT molecular complexity index is 587. The average molecular weight is 293 g/mol. The fourth-order valence-corrected chi connectivity index (χ4v) is 3.38. The number of hydrogen-bond donors (Lipinski definition) is 3. The number of aliphatic hydroxyl groups excluding tert-OH is 1. The second-order valence-electron chi connectivity index (χ2n) is 5.86. The van der Waals surface area contributed by atoms with Crippen LogP contribution in [0.1, 0.15) is 37.7 Å². The Morgan fingerprint density at radius 3 is 2.80 bits per heavy atom. The van der Waals surface area contributed by atoms with Crippen LogP contribution < -0.4 is 5.32 Å². The first-order valence-electron chi connectivity index (χ1n) is 7.34. The largest absolute Gasteiger partial charge is 0.394 e. The van der Waals surface area contributed by atoms with E-state index < -0.39 is 0 Å². The molecule has 1 fully saturated rings. The van der Waals surface area contributed by atoms with Crippen molar-refractivity contribution < 1.29 is 5.11 Å². The van der Waals surface area contributed by atoms with Crippen molar-refractivity contribution in [3.8, 4) is 0 Å². The van der Waals surface area contributed by atoms with Crippen LogP contribution in [0.5, 0.6) is 0 Å². The molecule has 0 radical (unpaired) electrons. The smallest absolute Gasteiger partial charge is 0.0613 e. The lowest BCUT2D eigenvalue weighted by Crippen LogP contribution is -2.49.